The van der Waals surface area contributed by atoms with Crippen LogP contribution in [0, 0.1) is 12.7 Å². The van der Waals surface area contributed by atoms with Crippen LogP contribution in [-0.2, 0) is 0 Å². The minimum atomic E-state index is -0.259. The third-order valence-electron chi connectivity index (χ3n) is 2.49. The second-order valence-electron chi connectivity index (χ2n) is 3.70. The van der Waals surface area contributed by atoms with Crippen LogP contribution in [0.4, 0.5) is 4.39 Å². The zero-order chi connectivity index (χ0) is 10.1. The number of alkyl halides is 1. The molecule has 0 bridgehead atoms. The summed E-state index contributed by atoms with van der Waals surface area (Å²) >= 11 is 5.81. The highest BCUT2D eigenvalue weighted by Crippen LogP contribution is 2.31. The number of hydrogen-bond acceptors (Lipinski definition) is 1. The summed E-state index contributed by atoms with van der Waals surface area (Å²) in [6.07, 6.45) is 1.72. The van der Waals surface area contributed by atoms with Gasteiger partial charge in [-0.05, 0) is 18.6 Å². The second kappa shape index (κ2) is 3.77. The molecule has 0 N–H and O–H groups in total. The lowest BCUT2D eigenvalue weighted by atomic mass is 9.95. The molecule has 2 rings (SSSR count). The molecule has 3 heteroatoms. The van der Waals surface area contributed by atoms with E-state index in [9.17, 15) is 4.39 Å². The number of ether oxygens (including phenoxy) is 1. The summed E-state index contributed by atoms with van der Waals surface area (Å²) in [6, 6.07) is 5.18. The van der Waals surface area contributed by atoms with Crippen molar-refractivity contribution in [3.05, 3.63) is 29.6 Å². The normalized spacial score (nSPS) is 25.6. The topological polar surface area (TPSA) is 9.23 Å². The minimum absolute atomic E-state index is 0.0915. The second-order valence-corrected chi connectivity index (χ2v) is 4.31. The highest BCUT2D eigenvalue weighted by atomic mass is 35.5. The molecule has 1 aromatic carbocycles. The van der Waals surface area contributed by atoms with Gasteiger partial charge in [0.1, 0.15) is 6.10 Å². The number of rotatable bonds is 2. The van der Waals surface area contributed by atoms with Crippen LogP contribution in [0.25, 0.3) is 0 Å². The molecule has 0 aliphatic heterocycles. The minimum Gasteiger partial charge on any atom is -0.487 e. The Morgan fingerprint density at radius 3 is 2.79 bits per heavy atom. The van der Waals surface area contributed by atoms with E-state index in [1.165, 1.54) is 0 Å². The molecule has 0 saturated heterocycles. The molecule has 0 amide bonds. The van der Waals surface area contributed by atoms with E-state index >= 15 is 0 Å². The molecule has 0 unspecified atom stereocenters. The summed E-state index contributed by atoms with van der Waals surface area (Å²) in [6.45, 7) is 1.73. The van der Waals surface area contributed by atoms with E-state index in [-0.39, 0.29) is 17.3 Å². The van der Waals surface area contributed by atoms with Crippen LogP contribution >= 0.6 is 11.6 Å². The third kappa shape index (κ3) is 1.85. The van der Waals surface area contributed by atoms with Gasteiger partial charge in [0.2, 0.25) is 0 Å². The van der Waals surface area contributed by atoms with Crippen molar-refractivity contribution in [2.45, 2.75) is 31.2 Å². The van der Waals surface area contributed by atoms with Crippen molar-refractivity contribution in [2.75, 3.05) is 0 Å². The van der Waals surface area contributed by atoms with Gasteiger partial charge in [0.05, 0.1) is 0 Å². The lowest BCUT2D eigenvalue weighted by Gasteiger charge is -2.31. The Labute approximate surface area is 87.8 Å². The number of aryl methyl sites for hydroxylation is 1. The summed E-state index contributed by atoms with van der Waals surface area (Å²) < 4.78 is 18.9. The zero-order valence-electron chi connectivity index (χ0n) is 7.97. The highest BCUT2D eigenvalue weighted by molar-refractivity contribution is 6.21. The molecule has 0 atom stereocenters. The molecule has 1 fully saturated rings. The average Bonchev–Trinajstić information content (AvgIpc) is 2.10. The van der Waals surface area contributed by atoms with E-state index in [2.05, 4.69) is 0 Å². The van der Waals surface area contributed by atoms with Crippen molar-refractivity contribution in [1.29, 1.82) is 0 Å². The molecule has 76 valence electrons. The van der Waals surface area contributed by atoms with Crippen LogP contribution in [0.1, 0.15) is 18.4 Å². The van der Waals surface area contributed by atoms with Gasteiger partial charge >= 0.3 is 0 Å². The van der Waals surface area contributed by atoms with Crippen LogP contribution in [0.2, 0.25) is 0 Å². The molecule has 1 saturated carbocycles. The molecule has 14 heavy (non-hydrogen) atoms. The average molecular weight is 215 g/mol. The lowest BCUT2D eigenvalue weighted by Crippen LogP contribution is -2.34. The maximum absolute atomic E-state index is 13.5. The Bertz CT molecular complexity index is 334. The number of hydrogen-bond donors (Lipinski definition) is 0. The largest absolute Gasteiger partial charge is 0.487 e. The van der Waals surface area contributed by atoms with Gasteiger partial charge in [-0.3, -0.25) is 0 Å². The molecular formula is C11H12ClFO. The first-order valence-corrected chi connectivity index (χ1v) is 5.16. The van der Waals surface area contributed by atoms with E-state index in [1.54, 1.807) is 25.1 Å². The van der Waals surface area contributed by atoms with E-state index in [0.29, 0.717) is 11.3 Å². The van der Waals surface area contributed by atoms with Crippen molar-refractivity contribution in [3.8, 4) is 5.75 Å². The molecule has 0 aromatic heterocycles. The maximum Gasteiger partial charge on any atom is 0.167 e. The smallest absolute Gasteiger partial charge is 0.167 e. The Morgan fingerprint density at radius 1 is 1.43 bits per heavy atom. The Kier molecular flexibility index (Phi) is 2.64. The fraction of sp³-hybridized carbons (Fsp3) is 0.455. The zero-order valence-corrected chi connectivity index (χ0v) is 8.72. The molecular weight excluding hydrogens is 203 g/mol. The fourth-order valence-electron chi connectivity index (χ4n) is 1.49. The van der Waals surface area contributed by atoms with Crippen LogP contribution in [0.5, 0.6) is 5.75 Å². The monoisotopic (exact) mass is 214 g/mol. The predicted octanol–water partition coefficient (Wildman–Crippen LogP) is 3.28. The van der Waals surface area contributed by atoms with Crippen molar-refractivity contribution < 1.29 is 9.13 Å². The lowest BCUT2D eigenvalue weighted by molar-refractivity contribution is 0.118. The van der Waals surface area contributed by atoms with Crippen molar-refractivity contribution >= 4 is 11.6 Å². The standard InChI is InChI=1S/C11H12ClFO/c1-7-3-2-4-10(11(7)13)14-9-5-8(12)6-9/h2-4,8-9H,5-6H2,1H3. The number of halogens is 2. The first-order valence-electron chi connectivity index (χ1n) is 4.72. The van der Waals surface area contributed by atoms with Gasteiger partial charge in [-0.2, -0.15) is 0 Å². The van der Waals surface area contributed by atoms with Crippen molar-refractivity contribution in [2.24, 2.45) is 0 Å². The van der Waals surface area contributed by atoms with Crippen molar-refractivity contribution in [3.63, 3.8) is 0 Å². The van der Waals surface area contributed by atoms with Gasteiger partial charge in [-0.1, -0.05) is 12.1 Å². The Hall–Kier alpha value is -0.760. The van der Waals surface area contributed by atoms with E-state index < -0.39 is 0 Å². The summed E-state index contributed by atoms with van der Waals surface area (Å²) in [4.78, 5) is 0. The van der Waals surface area contributed by atoms with Gasteiger partial charge in [-0.15, -0.1) is 11.6 Å². The fourth-order valence-corrected chi connectivity index (χ4v) is 1.89. The van der Waals surface area contributed by atoms with Crippen LogP contribution in [0.15, 0.2) is 18.2 Å². The quantitative estimate of drug-likeness (QED) is 0.687. The highest BCUT2D eigenvalue weighted by Gasteiger charge is 2.29. The predicted molar refractivity (Wildman–Crippen MR) is 54.4 cm³/mol. The van der Waals surface area contributed by atoms with Gasteiger partial charge < -0.3 is 4.74 Å². The maximum atomic E-state index is 13.5. The van der Waals surface area contributed by atoms with E-state index in [1.807, 2.05) is 0 Å². The summed E-state index contributed by atoms with van der Waals surface area (Å²) in [5.41, 5.74) is 0.615. The van der Waals surface area contributed by atoms with Crippen molar-refractivity contribution in [1.82, 2.24) is 0 Å². The number of benzene rings is 1. The molecule has 0 radical (unpaired) electrons. The Balaban J connectivity index is 2.06. The Morgan fingerprint density at radius 2 is 2.14 bits per heavy atom. The van der Waals surface area contributed by atoms with Gasteiger partial charge in [0, 0.05) is 18.2 Å². The van der Waals surface area contributed by atoms with Gasteiger partial charge in [0.25, 0.3) is 0 Å². The van der Waals surface area contributed by atoms with Crippen LogP contribution in [0.3, 0.4) is 0 Å². The van der Waals surface area contributed by atoms with E-state index in [4.69, 9.17) is 16.3 Å². The third-order valence-corrected chi connectivity index (χ3v) is 2.84. The molecule has 1 nitrogen and oxygen atoms in total. The molecule has 1 aromatic rings. The first-order chi connectivity index (χ1) is 6.66. The SMILES string of the molecule is Cc1cccc(OC2CC(Cl)C2)c1F. The summed E-state index contributed by atoms with van der Waals surface area (Å²) in [5.74, 6) is 0.0871. The summed E-state index contributed by atoms with van der Waals surface area (Å²) in [7, 11) is 0. The molecule has 1 aliphatic carbocycles. The van der Waals surface area contributed by atoms with E-state index in [0.717, 1.165) is 12.8 Å². The van der Waals surface area contributed by atoms with Gasteiger partial charge in [-0.25, -0.2) is 4.39 Å². The summed E-state index contributed by atoms with van der Waals surface area (Å²) in [5, 5.41) is 0.202. The van der Waals surface area contributed by atoms with Crippen LogP contribution in [-0.4, -0.2) is 11.5 Å². The molecule has 0 heterocycles. The van der Waals surface area contributed by atoms with Gasteiger partial charge in [0.15, 0.2) is 11.6 Å². The first kappa shape index (κ1) is 9.78. The molecule has 1 aliphatic rings. The van der Waals surface area contributed by atoms with Crippen LogP contribution < -0.4 is 4.74 Å². The molecule has 0 spiro atoms.